The molecule has 4 heterocycles. The largest absolute Gasteiger partial charge is 0.379 e. The molecule has 0 unspecified atom stereocenters. The number of piperidine rings is 2. The van der Waals surface area contributed by atoms with Crippen LogP contribution in [0.3, 0.4) is 0 Å². The average Bonchev–Trinajstić information content (AvgIpc) is 3.12. The highest BCUT2D eigenvalue weighted by Crippen LogP contribution is 2.15. The third kappa shape index (κ3) is 13.4. The van der Waals surface area contributed by atoms with E-state index in [1.807, 2.05) is 0 Å². The van der Waals surface area contributed by atoms with Crippen molar-refractivity contribution in [2.75, 3.05) is 90.2 Å². The fourth-order valence-electron chi connectivity index (χ4n) is 6.55. The van der Waals surface area contributed by atoms with Crippen LogP contribution in [-0.2, 0) is 17.8 Å². The van der Waals surface area contributed by atoms with Crippen molar-refractivity contribution in [2.24, 2.45) is 0 Å². The van der Waals surface area contributed by atoms with Crippen LogP contribution in [0.4, 0.5) is 0 Å². The maximum absolute atomic E-state index is 5.36. The molecule has 0 amide bonds. The Balaban J connectivity index is 0.000000181. The predicted octanol–water partition coefficient (Wildman–Crippen LogP) is 6.21. The van der Waals surface area contributed by atoms with Gasteiger partial charge in [0.2, 0.25) is 0 Å². The highest BCUT2D eigenvalue weighted by Gasteiger charge is 2.12. The second-order valence-corrected chi connectivity index (χ2v) is 14.3. The van der Waals surface area contributed by atoms with Gasteiger partial charge in [0.05, 0.1) is 13.2 Å². The lowest BCUT2D eigenvalue weighted by molar-refractivity contribution is 0.0390. The lowest BCUT2D eigenvalue weighted by atomic mass is 10.1. The molecule has 248 valence electrons. The molecule has 4 saturated heterocycles. The highest BCUT2D eigenvalue weighted by molar-refractivity contribution is 7.99. The molecular formula is C40H56N4OS. The van der Waals surface area contributed by atoms with Crippen LogP contribution in [0.5, 0.6) is 0 Å². The van der Waals surface area contributed by atoms with Crippen molar-refractivity contribution < 1.29 is 4.74 Å². The fourth-order valence-corrected chi connectivity index (χ4v) is 7.52. The lowest BCUT2D eigenvalue weighted by Gasteiger charge is -2.26. The predicted molar refractivity (Wildman–Crippen MR) is 195 cm³/mol. The van der Waals surface area contributed by atoms with Gasteiger partial charge in [-0.25, -0.2) is 0 Å². The van der Waals surface area contributed by atoms with Crippen LogP contribution >= 0.6 is 11.8 Å². The third-order valence-corrected chi connectivity index (χ3v) is 10.3. The number of ether oxygens (including phenoxy) is 1. The number of thioether (sulfide) groups is 1. The Morgan fingerprint density at radius 2 is 0.935 bits per heavy atom. The Kier molecular flexibility index (Phi) is 15.9. The van der Waals surface area contributed by atoms with Crippen molar-refractivity contribution in [3.05, 3.63) is 70.8 Å². The van der Waals surface area contributed by atoms with E-state index < -0.39 is 0 Å². The molecule has 0 atom stereocenters. The molecule has 4 aliphatic heterocycles. The molecular weight excluding hydrogens is 585 g/mol. The fraction of sp³-hybridized carbons (Fsp3) is 0.600. The normalized spacial score (nSPS) is 20.0. The van der Waals surface area contributed by atoms with E-state index in [1.165, 1.54) is 100 Å². The van der Waals surface area contributed by atoms with Gasteiger partial charge < -0.3 is 9.64 Å². The van der Waals surface area contributed by atoms with E-state index in [4.69, 9.17) is 4.74 Å². The first-order chi connectivity index (χ1) is 22.8. The number of likely N-dealkylation sites (tertiary alicyclic amines) is 2. The van der Waals surface area contributed by atoms with Gasteiger partial charge in [-0.1, -0.05) is 60.8 Å². The lowest BCUT2D eigenvalue weighted by Crippen LogP contribution is -2.36. The van der Waals surface area contributed by atoms with Gasteiger partial charge in [0, 0.05) is 87.8 Å². The van der Waals surface area contributed by atoms with Crippen LogP contribution in [0.25, 0.3) is 0 Å². The van der Waals surface area contributed by atoms with Gasteiger partial charge >= 0.3 is 0 Å². The zero-order valence-corrected chi connectivity index (χ0v) is 29.0. The molecule has 6 rings (SSSR count). The maximum atomic E-state index is 5.36. The second kappa shape index (κ2) is 20.8. The first-order valence-corrected chi connectivity index (χ1v) is 19.2. The number of rotatable bonds is 8. The number of hydrogen-bond acceptors (Lipinski definition) is 6. The van der Waals surface area contributed by atoms with Gasteiger partial charge in [-0.15, -0.1) is 0 Å². The van der Waals surface area contributed by atoms with E-state index in [9.17, 15) is 0 Å². The summed E-state index contributed by atoms with van der Waals surface area (Å²) in [5.41, 5.74) is 5.12. The van der Waals surface area contributed by atoms with Gasteiger partial charge in [0.1, 0.15) is 0 Å². The number of morpholine rings is 1. The highest BCUT2D eigenvalue weighted by atomic mass is 32.2. The SMILES string of the molecule is C(#Cc1ccc(CN2CCCCC2)cc1)CCN1CCOCC1.C(#Cc1ccc(CN2CCCCC2)cc1)CCN1CCSCC1. The van der Waals surface area contributed by atoms with Gasteiger partial charge in [-0.3, -0.25) is 14.7 Å². The number of hydrogen-bond donors (Lipinski definition) is 0. The topological polar surface area (TPSA) is 22.2 Å². The maximum Gasteiger partial charge on any atom is 0.0594 e. The molecule has 0 radical (unpaired) electrons. The molecule has 0 aromatic heterocycles. The summed E-state index contributed by atoms with van der Waals surface area (Å²) < 4.78 is 5.36. The van der Waals surface area contributed by atoms with Crippen molar-refractivity contribution in [3.8, 4) is 23.7 Å². The summed E-state index contributed by atoms with van der Waals surface area (Å²) in [6.07, 6.45) is 10.2. The molecule has 6 heteroatoms. The van der Waals surface area contributed by atoms with Crippen molar-refractivity contribution in [3.63, 3.8) is 0 Å². The first kappa shape index (κ1) is 35.0. The standard InChI is InChI=1S/C20H28N2O.C20H28N2S/c2*1-3-12-22(13-4-1)18-20-9-7-19(8-10-20)6-2-5-11-21-14-16-23-17-15-21/h2*7-10H,1,3-5,11-18H2. The summed E-state index contributed by atoms with van der Waals surface area (Å²) in [5, 5.41) is 0. The van der Waals surface area contributed by atoms with E-state index in [0.29, 0.717) is 0 Å². The first-order valence-electron chi connectivity index (χ1n) is 18.0. The van der Waals surface area contributed by atoms with Crippen molar-refractivity contribution >= 4 is 11.8 Å². The molecule has 0 saturated carbocycles. The quantitative estimate of drug-likeness (QED) is 0.318. The van der Waals surface area contributed by atoms with Gasteiger partial charge in [0.25, 0.3) is 0 Å². The third-order valence-electron chi connectivity index (χ3n) is 9.40. The summed E-state index contributed by atoms with van der Waals surface area (Å²) in [5.74, 6) is 15.8. The van der Waals surface area contributed by atoms with Crippen LogP contribution in [0, 0.1) is 23.7 Å². The van der Waals surface area contributed by atoms with Crippen molar-refractivity contribution in [1.29, 1.82) is 0 Å². The smallest absolute Gasteiger partial charge is 0.0594 e. The minimum atomic E-state index is 0.867. The number of benzene rings is 2. The summed E-state index contributed by atoms with van der Waals surface area (Å²) >= 11 is 2.07. The van der Waals surface area contributed by atoms with E-state index in [0.717, 1.165) is 76.5 Å². The summed E-state index contributed by atoms with van der Waals surface area (Å²) in [7, 11) is 0. The Morgan fingerprint density at radius 1 is 0.500 bits per heavy atom. The molecule has 2 aromatic rings. The Labute approximate surface area is 284 Å². The summed E-state index contributed by atoms with van der Waals surface area (Å²) in [6, 6.07) is 17.7. The molecule has 0 aliphatic carbocycles. The molecule has 2 aromatic carbocycles. The van der Waals surface area contributed by atoms with Crippen LogP contribution in [-0.4, -0.2) is 110 Å². The number of nitrogens with zero attached hydrogens (tertiary/aromatic N) is 4. The Bertz CT molecular complexity index is 1140. The Morgan fingerprint density at radius 3 is 1.39 bits per heavy atom. The van der Waals surface area contributed by atoms with Crippen LogP contribution in [0.1, 0.15) is 73.6 Å². The second-order valence-electron chi connectivity index (χ2n) is 13.1. The van der Waals surface area contributed by atoms with Crippen LogP contribution < -0.4 is 0 Å². The molecule has 0 bridgehead atoms. The van der Waals surface area contributed by atoms with Crippen molar-refractivity contribution in [1.82, 2.24) is 19.6 Å². The summed E-state index contributed by atoms with van der Waals surface area (Å²) in [4.78, 5) is 10.1. The van der Waals surface area contributed by atoms with Crippen LogP contribution in [0.2, 0.25) is 0 Å². The molecule has 0 N–H and O–H groups in total. The molecule has 46 heavy (non-hydrogen) atoms. The van der Waals surface area contributed by atoms with E-state index in [2.05, 4.69) is 104 Å². The van der Waals surface area contributed by atoms with Gasteiger partial charge in [0.15, 0.2) is 0 Å². The minimum absolute atomic E-state index is 0.867. The average molecular weight is 641 g/mol. The Hall–Kier alpha value is -2.29. The molecule has 0 spiro atoms. The molecule has 4 fully saturated rings. The van der Waals surface area contributed by atoms with Crippen LogP contribution in [0.15, 0.2) is 48.5 Å². The zero-order valence-electron chi connectivity index (χ0n) is 28.2. The van der Waals surface area contributed by atoms with Gasteiger partial charge in [-0.05, 0) is 87.3 Å². The summed E-state index contributed by atoms with van der Waals surface area (Å²) in [6.45, 7) is 15.7. The van der Waals surface area contributed by atoms with E-state index in [-0.39, 0.29) is 0 Å². The van der Waals surface area contributed by atoms with E-state index in [1.54, 1.807) is 0 Å². The van der Waals surface area contributed by atoms with Gasteiger partial charge in [-0.2, -0.15) is 11.8 Å². The zero-order chi connectivity index (χ0) is 31.5. The van der Waals surface area contributed by atoms with E-state index >= 15 is 0 Å². The van der Waals surface area contributed by atoms with Crippen molar-refractivity contribution in [2.45, 2.75) is 64.5 Å². The monoisotopic (exact) mass is 640 g/mol. The molecule has 4 aliphatic rings. The molecule has 5 nitrogen and oxygen atoms in total. The minimum Gasteiger partial charge on any atom is -0.379 e.